The predicted molar refractivity (Wildman–Crippen MR) is 97.7 cm³/mol. The molecule has 0 fully saturated rings. The Balaban J connectivity index is 1.53. The lowest BCUT2D eigenvalue weighted by atomic mass is 10.1. The summed E-state index contributed by atoms with van der Waals surface area (Å²) in [5.41, 5.74) is 3.08. The van der Waals surface area contributed by atoms with Crippen molar-refractivity contribution in [2.75, 3.05) is 5.32 Å². The molecule has 0 unspecified atom stereocenters. The zero-order valence-electron chi connectivity index (χ0n) is 13.7. The maximum atomic E-state index is 12.1. The number of amides is 1. The number of carbonyl (C=O) groups is 1. The lowest BCUT2D eigenvalue weighted by Crippen LogP contribution is -2.14. The monoisotopic (exact) mass is 345 g/mol. The second kappa shape index (κ2) is 6.68. The van der Waals surface area contributed by atoms with Crippen LogP contribution in [0.25, 0.3) is 22.6 Å². The van der Waals surface area contributed by atoms with E-state index in [9.17, 15) is 9.90 Å². The van der Waals surface area contributed by atoms with Gasteiger partial charge in [-0.15, -0.1) is 0 Å². The van der Waals surface area contributed by atoms with Crippen LogP contribution in [0.5, 0.6) is 5.75 Å². The molecule has 0 aliphatic rings. The summed E-state index contributed by atoms with van der Waals surface area (Å²) in [6, 6.07) is 16.0. The van der Waals surface area contributed by atoms with Gasteiger partial charge >= 0.3 is 0 Å². The Labute approximate surface area is 149 Å². The Hall–Kier alpha value is -3.67. The van der Waals surface area contributed by atoms with Crippen molar-refractivity contribution in [2.45, 2.75) is 6.42 Å². The molecule has 2 N–H and O–H groups in total. The molecule has 6 heteroatoms. The van der Waals surface area contributed by atoms with Gasteiger partial charge in [0.05, 0.1) is 18.2 Å². The zero-order valence-corrected chi connectivity index (χ0v) is 13.7. The number of hydrogen-bond donors (Lipinski definition) is 2. The van der Waals surface area contributed by atoms with Crippen molar-refractivity contribution >= 4 is 22.7 Å². The molecular weight excluding hydrogens is 330 g/mol. The van der Waals surface area contributed by atoms with Crippen molar-refractivity contribution in [2.24, 2.45) is 0 Å². The number of nitrogens with one attached hydrogen (secondary N) is 1. The highest BCUT2D eigenvalue weighted by Crippen LogP contribution is 2.32. The first-order valence-electron chi connectivity index (χ1n) is 8.07. The van der Waals surface area contributed by atoms with Crippen molar-refractivity contribution in [3.63, 3.8) is 0 Å². The third kappa shape index (κ3) is 3.25. The van der Waals surface area contributed by atoms with Gasteiger partial charge in [-0.2, -0.15) is 0 Å². The second-order valence-corrected chi connectivity index (χ2v) is 5.80. The molecule has 4 rings (SSSR count). The number of carbonyl (C=O) groups excluding carboxylic acids is 1. The molecule has 2 aromatic heterocycles. The van der Waals surface area contributed by atoms with Gasteiger partial charge in [0.15, 0.2) is 5.58 Å². The highest BCUT2D eigenvalue weighted by molar-refractivity contribution is 5.93. The van der Waals surface area contributed by atoms with Crippen molar-refractivity contribution in [1.82, 2.24) is 9.97 Å². The van der Waals surface area contributed by atoms with Crippen LogP contribution in [-0.2, 0) is 11.2 Å². The first-order valence-corrected chi connectivity index (χ1v) is 8.07. The van der Waals surface area contributed by atoms with Gasteiger partial charge in [0.1, 0.15) is 11.3 Å². The third-order valence-corrected chi connectivity index (χ3v) is 3.91. The lowest BCUT2D eigenvalue weighted by molar-refractivity contribution is -0.115. The summed E-state index contributed by atoms with van der Waals surface area (Å²) in [6.45, 7) is 0. The number of hydrogen-bond acceptors (Lipinski definition) is 5. The number of pyridine rings is 1. The topological polar surface area (TPSA) is 88.3 Å². The average Bonchev–Trinajstić information content (AvgIpc) is 3.06. The number of phenols is 1. The van der Waals surface area contributed by atoms with E-state index < -0.39 is 0 Å². The fourth-order valence-electron chi connectivity index (χ4n) is 2.67. The first kappa shape index (κ1) is 15.8. The minimum atomic E-state index is -0.156. The van der Waals surface area contributed by atoms with Crippen LogP contribution in [0.15, 0.2) is 71.4 Å². The van der Waals surface area contributed by atoms with E-state index in [1.807, 2.05) is 30.3 Å². The Bertz CT molecular complexity index is 1040. The van der Waals surface area contributed by atoms with Gasteiger partial charge in [-0.05, 0) is 17.7 Å². The summed E-state index contributed by atoms with van der Waals surface area (Å²) in [6.07, 6.45) is 3.47. The molecule has 0 atom stereocenters. The molecule has 2 aromatic carbocycles. The third-order valence-electron chi connectivity index (χ3n) is 3.91. The number of oxazole rings is 1. The van der Waals surface area contributed by atoms with E-state index in [1.54, 1.807) is 30.6 Å². The van der Waals surface area contributed by atoms with Crippen molar-refractivity contribution in [1.29, 1.82) is 0 Å². The Morgan fingerprint density at radius 2 is 1.96 bits per heavy atom. The zero-order chi connectivity index (χ0) is 17.9. The highest BCUT2D eigenvalue weighted by Gasteiger charge is 2.13. The van der Waals surface area contributed by atoms with Crippen molar-refractivity contribution in [3.05, 3.63) is 72.6 Å². The molecule has 26 heavy (non-hydrogen) atoms. The fourth-order valence-corrected chi connectivity index (χ4v) is 2.67. The van der Waals surface area contributed by atoms with Gasteiger partial charge in [0, 0.05) is 24.0 Å². The first-order chi connectivity index (χ1) is 12.7. The van der Waals surface area contributed by atoms with Gasteiger partial charge in [0.25, 0.3) is 0 Å². The standard InChI is InChI=1S/C20H15N3O3/c24-17-11-14(22-19(25)10-13-4-2-1-3-5-13)6-7-15(17)20-23-16-12-21-9-8-18(16)26-20/h1-9,11-12,24H,10H2,(H,22,25). The number of rotatable bonds is 4. The lowest BCUT2D eigenvalue weighted by Gasteiger charge is -2.07. The molecule has 0 saturated heterocycles. The molecule has 6 nitrogen and oxygen atoms in total. The molecule has 0 bridgehead atoms. The van der Waals surface area contributed by atoms with E-state index in [-0.39, 0.29) is 18.1 Å². The number of nitrogens with zero attached hydrogens (tertiary/aromatic N) is 2. The second-order valence-electron chi connectivity index (χ2n) is 5.80. The largest absolute Gasteiger partial charge is 0.507 e. The molecule has 0 aliphatic carbocycles. The van der Waals surface area contributed by atoms with E-state index in [4.69, 9.17) is 4.42 Å². The maximum Gasteiger partial charge on any atom is 0.231 e. The van der Waals surface area contributed by atoms with Crippen LogP contribution in [0.3, 0.4) is 0 Å². The van der Waals surface area contributed by atoms with E-state index in [0.29, 0.717) is 28.2 Å². The minimum Gasteiger partial charge on any atom is -0.507 e. The average molecular weight is 345 g/mol. The quantitative estimate of drug-likeness (QED) is 0.588. The molecule has 0 radical (unpaired) electrons. The summed E-state index contributed by atoms with van der Waals surface area (Å²) in [7, 11) is 0. The van der Waals surface area contributed by atoms with Crippen molar-refractivity contribution in [3.8, 4) is 17.2 Å². The van der Waals surface area contributed by atoms with Crippen LogP contribution < -0.4 is 5.32 Å². The van der Waals surface area contributed by atoms with Gasteiger partial charge < -0.3 is 14.8 Å². The predicted octanol–water partition coefficient (Wildman–Crippen LogP) is 3.78. The number of aromatic nitrogens is 2. The van der Waals surface area contributed by atoms with Crippen LogP contribution >= 0.6 is 0 Å². The van der Waals surface area contributed by atoms with E-state index in [0.717, 1.165) is 5.56 Å². The normalized spacial score (nSPS) is 10.8. The van der Waals surface area contributed by atoms with E-state index >= 15 is 0 Å². The van der Waals surface area contributed by atoms with Crippen LogP contribution in [-0.4, -0.2) is 21.0 Å². The van der Waals surface area contributed by atoms with Crippen molar-refractivity contribution < 1.29 is 14.3 Å². The summed E-state index contributed by atoms with van der Waals surface area (Å²) in [5, 5.41) is 13.1. The van der Waals surface area contributed by atoms with Crippen LogP contribution in [0.2, 0.25) is 0 Å². The van der Waals surface area contributed by atoms with E-state index in [2.05, 4.69) is 15.3 Å². The fraction of sp³-hybridized carbons (Fsp3) is 0.0500. The van der Waals surface area contributed by atoms with Gasteiger partial charge in [-0.25, -0.2) is 4.98 Å². The number of fused-ring (bicyclic) bond motifs is 1. The molecule has 0 aliphatic heterocycles. The molecule has 0 saturated carbocycles. The Kier molecular flexibility index (Phi) is 4.07. The molecule has 1 amide bonds. The molecule has 128 valence electrons. The van der Waals surface area contributed by atoms with Crippen LogP contribution in [0, 0.1) is 0 Å². The number of benzene rings is 2. The van der Waals surface area contributed by atoms with Gasteiger partial charge in [-0.3, -0.25) is 9.78 Å². The molecule has 4 aromatic rings. The molecule has 2 heterocycles. The Morgan fingerprint density at radius 1 is 1.12 bits per heavy atom. The summed E-state index contributed by atoms with van der Waals surface area (Å²) >= 11 is 0. The van der Waals surface area contributed by atoms with Gasteiger partial charge in [0.2, 0.25) is 11.8 Å². The number of aromatic hydroxyl groups is 1. The maximum absolute atomic E-state index is 12.1. The molecule has 0 spiro atoms. The number of anilines is 1. The minimum absolute atomic E-state index is 0.0259. The van der Waals surface area contributed by atoms with E-state index in [1.165, 1.54) is 6.07 Å². The highest BCUT2D eigenvalue weighted by atomic mass is 16.3. The summed E-state index contributed by atoms with van der Waals surface area (Å²) < 4.78 is 5.64. The number of phenolic OH excluding ortho intramolecular Hbond substituents is 1. The Morgan fingerprint density at radius 3 is 2.73 bits per heavy atom. The summed E-state index contributed by atoms with van der Waals surface area (Å²) in [4.78, 5) is 20.4. The van der Waals surface area contributed by atoms with Gasteiger partial charge in [-0.1, -0.05) is 30.3 Å². The molecular formula is C20H15N3O3. The smallest absolute Gasteiger partial charge is 0.231 e. The van der Waals surface area contributed by atoms with Crippen LogP contribution in [0.4, 0.5) is 5.69 Å². The summed E-state index contributed by atoms with van der Waals surface area (Å²) in [5.74, 6) is 0.117. The van der Waals surface area contributed by atoms with Crippen LogP contribution in [0.1, 0.15) is 5.56 Å². The SMILES string of the molecule is O=C(Cc1ccccc1)Nc1ccc(-c2nc3cnccc3o2)c(O)c1.